The minimum absolute atomic E-state index is 0.190. The van der Waals surface area contributed by atoms with Gasteiger partial charge >= 0.3 is 6.18 Å². The Balaban J connectivity index is 2.29. The molecule has 1 heterocycles. The fourth-order valence-corrected chi connectivity index (χ4v) is 2.35. The SMILES string of the molecule is CCC1C(=O)N(c2ccc(OC)cc2)C1C(F)(F)F. The molecule has 104 valence electrons. The third-order valence-corrected chi connectivity index (χ3v) is 3.34. The molecule has 2 rings (SSSR count). The zero-order chi connectivity index (χ0) is 14.2. The molecular formula is C13H14F3NO2. The number of anilines is 1. The summed E-state index contributed by atoms with van der Waals surface area (Å²) in [5.41, 5.74) is 0.248. The summed E-state index contributed by atoms with van der Waals surface area (Å²) >= 11 is 0. The Kier molecular flexibility index (Phi) is 3.43. The number of carbonyl (C=O) groups is 1. The molecule has 0 saturated carbocycles. The fraction of sp³-hybridized carbons (Fsp3) is 0.462. The Morgan fingerprint density at radius 1 is 1.26 bits per heavy atom. The highest BCUT2D eigenvalue weighted by Crippen LogP contribution is 2.43. The molecule has 0 N–H and O–H groups in total. The van der Waals surface area contributed by atoms with Crippen LogP contribution in [-0.4, -0.2) is 25.2 Å². The number of halogens is 3. The van der Waals surface area contributed by atoms with Gasteiger partial charge in [-0.25, -0.2) is 0 Å². The Morgan fingerprint density at radius 2 is 1.84 bits per heavy atom. The van der Waals surface area contributed by atoms with E-state index in [0.29, 0.717) is 5.75 Å². The second-order valence-electron chi connectivity index (χ2n) is 4.41. The maximum absolute atomic E-state index is 13.0. The fourth-order valence-electron chi connectivity index (χ4n) is 2.35. The van der Waals surface area contributed by atoms with E-state index in [1.165, 1.54) is 31.4 Å². The maximum Gasteiger partial charge on any atom is 0.410 e. The molecule has 0 aromatic heterocycles. The van der Waals surface area contributed by atoms with Gasteiger partial charge in [0.15, 0.2) is 0 Å². The number of rotatable bonds is 3. The number of nitrogens with zero attached hydrogens (tertiary/aromatic N) is 1. The number of amides is 1. The average molecular weight is 273 g/mol. The summed E-state index contributed by atoms with van der Waals surface area (Å²) in [6, 6.07) is 4.27. The second kappa shape index (κ2) is 4.75. The molecule has 6 heteroatoms. The van der Waals surface area contributed by atoms with Crippen LogP contribution < -0.4 is 9.64 Å². The van der Waals surface area contributed by atoms with Gasteiger partial charge in [-0.2, -0.15) is 13.2 Å². The molecule has 2 unspecified atom stereocenters. The number of alkyl halides is 3. The Morgan fingerprint density at radius 3 is 2.26 bits per heavy atom. The normalized spacial score (nSPS) is 23.2. The minimum Gasteiger partial charge on any atom is -0.497 e. The van der Waals surface area contributed by atoms with Crippen molar-refractivity contribution >= 4 is 11.6 Å². The van der Waals surface area contributed by atoms with Crippen molar-refractivity contribution in [3.63, 3.8) is 0 Å². The van der Waals surface area contributed by atoms with Gasteiger partial charge in [0.2, 0.25) is 5.91 Å². The van der Waals surface area contributed by atoms with Gasteiger partial charge in [-0.1, -0.05) is 6.92 Å². The zero-order valence-electron chi connectivity index (χ0n) is 10.6. The van der Waals surface area contributed by atoms with Gasteiger partial charge in [-0.3, -0.25) is 9.69 Å². The molecule has 2 atom stereocenters. The predicted octanol–water partition coefficient (Wildman–Crippen LogP) is 3.00. The van der Waals surface area contributed by atoms with Crippen LogP contribution in [0.2, 0.25) is 0 Å². The molecule has 0 spiro atoms. The lowest BCUT2D eigenvalue weighted by Gasteiger charge is -2.47. The van der Waals surface area contributed by atoms with E-state index in [9.17, 15) is 18.0 Å². The first-order chi connectivity index (χ1) is 8.90. The maximum atomic E-state index is 13.0. The van der Waals surface area contributed by atoms with E-state index in [1.54, 1.807) is 6.92 Å². The van der Waals surface area contributed by atoms with E-state index >= 15 is 0 Å². The molecule has 1 fully saturated rings. The van der Waals surface area contributed by atoms with Crippen molar-refractivity contribution in [1.82, 2.24) is 0 Å². The van der Waals surface area contributed by atoms with Crippen LogP contribution in [0.5, 0.6) is 5.75 Å². The third-order valence-electron chi connectivity index (χ3n) is 3.34. The van der Waals surface area contributed by atoms with Gasteiger partial charge < -0.3 is 4.74 Å². The van der Waals surface area contributed by atoms with Gasteiger partial charge in [0.25, 0.3) is 0 Å². The van der Waals surface area contributed by atoms with Gasteiger partial charge in [0, 0.05) is 5.69 Å². The topological polar surface area (TPSA) is 29.5 Å². The van der Waals surface area contributed by atoms with Gasteiger partial charge in [-0.05, 0) is 30.7 Å². The van der Waals surface area contributed by atoms with Crippen molar-refractivity contribution in [2.45, 2.75) is 25.6 Å². The highest BCUT2D eigenvalue weighted by atomic mass is 19.4. The van der Waals surface area contributed by atoms with Crippen LogP contribution in [0, 0.1) is 5.92 Å². The van der Waals surface area contributed by atoms with Crippen LogP contribution in [0.3, 0.4) is 0 Å². The minimum atomic E-state index is -4.41. The van der Waals surface area contributed by atoms with Crippen molar-refractivity contribution in [1.29, 1.82) is 0 Å². The van der Waals surface area contributed by atoms with E-state index < -0.39 is 24.0 Å². The third kappa shape index (κ3) is 2.27. The van der Waals surface area contributed by atoms with Crippen molar-refractivity contribution in [3.8, 4) is 5.75 Å². The number of ether oxygens (including phenoxy) is 1. The average Bonchev–Trinajstić information content (AvgIpc) is 2.36. The summed E-state index contributed by atoms with van der Waals surface area (Å²) in [4.78, 5) is 12.6. The second-order valence-corrected chi connectivity index (χ2v) is 4.41. The van der Waals surface area contributed by atoms with E-state index in [0.717, 1.165) is 4.90 Å². The quantitative estimate of drug-likeness (QED) is 0.792. The number of methoxy groups -OCH3 is 1. The van der Waals surface area contributed by atoms with Crippen molar-refractivity contribution < 1.29 is 22.7 Å². The number of hydrogen-bond acceptors (Lipinski definition) is 2. The number of carbonyl (C=O) groups excluding carboxylic acids is 1. The predicted molar refractivity (Wildman–Crippen MR) is 64.1 cm³/mol. The molecule has 0 radical (unpaired) electrons. The molecule has 1 aliphatic heterocycles. The lowest BCUT2D eigenvalue weighted by Crippen LogP contribution is -2.67. The highest BCUT2D eigenvalue weighted by Gasteiger charge is 2.60. The molecule has 1 amide bonds. The zero-order valence-corrected chi connectivity index (χ0v) is 10.6. The molecule has 0 bridgehead atoms. The van der Waals surface area contributed by atoms with Crippen molar-refractivity contribution in [3.05, 3.63) is 24.3 Å². The van der Waals surface area contributed by atoms with Crippen LogP contribution in [0.1, 0.15) is 13.3 Å². The first kappa shape index (κ1) is 13.7. The molecule has 3 nitrogen and oxygen atoms in total. The summed E-state index contributed by atoms with van der Waals surface area (Å²) in [7, 11) is 1.47. The molecule has 1 saturated heterocycles. The van der Waals surface area contributed by atoms with Gasteiger partial charge in [0.1, 0.15) is 11.8 Å². The lowest BCUT2D eigenvalue weighted by molar-refractivity contribution is -0.184. The van der Waals surface area contributed by atoms with E-state index in [4.69, 9.17) is 4.74 Å². The number of β-lactam (4-membered cyclic amide) rings is 1. The number of benzene rings is 1. The van der Waals surface area contributed by atoms with E-state index in [-0.39, 0.29) is 12.1 Å². The van der Waals surface area contributed by atoms with Gasteiger partial charge in [0.05, 0.1) is 13.0 Å². The van der Waals surface area contributed by atoms with Crippen LogP contribution in [-0.2, 0) is 4.79 Å². The molecular weight excluding hydrogens is 259 g/mol. The molecule has 19 heavy (non-hydrogen) atoms. The summed E-state index contributed by atoms with van der Waals surface area (Å²) in [6.07, 6.45) is -4.22. The molecule has 1 aromatic carbocycles. The molecule has 1 aromatic rings. The number of hydrogen-bond donors (Lipinski definition) is 0. The Hall–Kier alpha value is -1.72. The molecule has 0 aliphatic carbocycles. The van der Waals surface area contributed by atoms with E-state index in [2.05, 4.69) is 0 Å². The summed E-state index contributed by atoms with van der Waals surface area (Å²) in [5.74, 6) is -0.913. The monoisotopic (exact) mass is 273 g/mol. The largest absolute Gasteiger partial charge is 0.497 e. The van der Waals surface area contributed by atoms with Crippen molar-refractivity contribution in [2.24, 2.45) is 5.92 Å². The first-order valence-electron chi connectivity index (χ1n) is 5.94. The van der Waals surface area contributed by atoms with Crippen molar-refractivity contribution in [2.75, 3.05) is 12.0 Å². The summed E-state index contributed by atoms with van der Waals surface area (Å²) in [5, 5.41) is 0. The van der Waals surface area contributed by atoms with Crippen LogP contribution in [0.4, 0.5) is 18.9 Å². The van der Waals surface area contributed by atoms with Crippen LogP contribution in [0.15, 0.2) is 24.3 Å². The lowest BCUT2D eigenvalue weighted by atomic mass is 9.84. The smallest absolute Gasteiger partial charge is 0.410 e. The van der Waals surface area contributed by atoms with E-state index in [1.807, 2.05) is 0 Å². The van der Waals surface area contributed by atoms with Crippen LogP contribution in [0.25, 0.3) is 0 Å². The van der Waals surface area contributed by atoms with Crippen LogP contribution >= 0.6 is 0 Å². The first-order valence-corrected chi connectivity index (χ1v) is 5.94. The van der Waals surface area contributed by atoms with Gasteiger partial charge in [-0.15, -0.1) is 0 Å². The summed E-state index contributed by atoms with van der Waals surface area (Å²) < 4.78 is 43.9. The highest BCUT2D eigenvalue weighted by molar-refractivity contribution is 6.03. The molecule has 1 aliphatic rings. The Labute approximate surface area is 109 Å². The summed E-state index contributed by atoms with van der Waals surface area (Å²) in [6.45, 7) is 1.59. The Bertz CT molecular complexity index is 470. The standard InChI is InChI=1S/C13H14F3NO2/c1-3-10-11(13(14,15)16)17(12(10)18)8-4-6-9(19-2)7-5-8/h4-7,10-11H,3H2,1-2H3.